The van der Waals surface area contributed by atoms with Gasteiger partial charge in [0.2, 0.25) is 0 Å². The lowest BCUT2D eigenvalue weighted by Gasteiger charge is -2.14. The zero-order chi connectivity index (χ0) is 6.62. The molecule has 1 unspecified atom stereocenters. The van der Waals surface area contributed by atoms with Crippen LogP contribution in [-0.2, 0) is 0 Å². The molecule has 0 fully saturated rings. The van der Waals surface area contributed by atoms with Crippen molar-refractivity contribution in [3.63, 3.8) is 0 Å². The molecule has 0 heterocycles. The van der Waals surface area contributed by atoms with Gasteiger partial charge in [-0.25, -0.2) is 4.39 Å². The molecule has 2 N–H and O–H groups in total. The maximum atomic E-state index is 12.7. The predicted octanol–water partition coefficient (Wildman–Crippen LogP) is 1.25. The second-order valence-corrected chi connectivity index (χ2v) is 1.80. The summed E-state index contributed by atoms with van der Waals surface area (Å²) in [6.07, 6.45) is 1.67. The number of rotatable bonds is 3. The molecular weight excluding hydrogens is 105 g/mol. The molecule has 48 valence electrons. The van der Waals surface area contributed by atoms with E-state index in [2.05, 4.69) is 6.58 Å². The first-order valence-electron chi connectivity index (χ1n) is 2.71. The van der Waals surface area contributed by atoms with Gasteiger partial charge in [0, 0.05) is 6.54 Å². The smallest absolute Gasteiger partial charge is 0.140 e. The van der Waals surface area contributed by atoms with Crippen molar-refractivity contribution in [2.75, 3.05) is 6.54 Å². The van der Waals surface area contributed by atoms with E-state index in [-0.39, 0.29) is 6.54 Å². The third-order valence-electron chi connectivity index (χ3n) is 1.29. The van der Waals surface area contributed by atoms with Gasteiger partial charge in [-0.3, -0.25) is 0 Å². The number of nitrogens with two attached hydrogens (primary N) is 1. The minimum Gasteiger partial charge on any atom is -0.327 e. The summed E-state index contributed by atoms with van der Waals surface area (Å²) in [4.78, 5) is 0. The van der Waals surface area contributed by atoms with Crippen molar-refractivity contribution in [2.24, 2.45) is 5.73 Å². The fraction of sp³-hybridized carbons (Fsp3) is 0.667. The van der Waals surface area contributed by atoms with Crippen LogP contribution < -0.4 is 5.73 Å². The summed E-state index contributed by atoms with van der Waals surface area (Å²) in [6, 6.07) is 0. The highest BCUT2D eigenvalue weighted by Gasteiger charge is 2.19. The monoisotopic (exact) mass is 117 g/mol. The standard InChI is InChI=1S/C6H12FN/c1-3-6(7,4-2)5-8/h3H,1,4-5,8H2,2H3. The van der Waals surface area contributed by atoms with E-state index in [0.29, 0.717) is 6.42 Å². The van der Waals surface area contributed by atoms with Gasteiger partial charge in [0.15, 0.2) is 0 Å². The molecule has 0 aromatic heterocycles. The van der Waals surface area contributed by atoms with Gasteiger partial charge < -0.3 is 5.73 Å². The zero-order valence-electron chi connectivity index (χ0n) is 5.15. The van der Waals surface area contributed by atoms with Crippen LogP contribution in [0.15, 0.2) is 12.7 Å². The predicted molar refractivity (Wildman–Crippen MR) is 33.4 cm³/mol. The molecule has 0 aliphatic rings. The molecule has 0 aliphatic carbocycles. The number of halogens is 1. The zero-order valence-corrected chi connectivity index (χ0v) is 5.15. The Morgan fingerprint density at radius 2 is 2.38 bits per heavy atom. The molecule has 0 aromatic rings. The van der Waals surface area contributed by atoms with Crippen LogP contribution in [0.4, 0.5) is 4.39 Å². The third-order valence-corrected chi connectivity index (χ3v) is 1.29. The Labute approximate surface area is 49.4 Å². The summed E-state index contributed by atoms with van der Waals surface area (Å²) in [5.41, 5.74) is 3.75. The molecule has 0 saturated carbocycles. The molecule has 0 spiro atoms. The first-order chi connectivity index (χ1) is 3.68. The van der Waals surface area contributed by atoms with E-state index in [4.69, 9.17) is 5.73 Å². The van der Waals surface area contributed by atoms with Gasteiger partial charge in [-0.2, -0.15) is 0 Å². The van der Waals surface area contributed by atoms with Gasteiger partial charge in [0.1, 0.15) is 5.67 Å². The minimum absolute atomic E-state index is 0.0347. The van der Waals surface area contributed by atoms with E-state index in [1.807, 2.05) is 0 Å². The van der Waals surface area contributed by atoms with E-state index in [1.165, 1.54) is 6.08 Å². The lowest BCUT2D eigenvalue weighted by atomic mass is 10.0. The molecule has 1 nitrogen and oxygen atoms in total. The highest BCUT2D eigenvalue weighted by molar-refractivity contribution is 4.95. The van der Waals surface area contributed by atoms with Crippen LogP contribution >= 0.6 is 0 Å². The molecule has 0 rings (SSSR count). The van der Waals surface area contributed by atoms with Crippen molar-refractivity contribution >= 4 is 0 Å². The summed E-state index contributed by atoms with van der Waals surface area (Å²) in [7, 11) is 0. The van der Waals surface area contributed by atoms with E-state index >= 15 is 0 Å². The number of hydrogen-bond acceptors (Lipinski definition) is 1. The van der Waals surface area contributed by atoms with E-state index in [0.717, 1.165) is 0 Å². The van der Waals surface area contributed by atoms with Crippen LogP contribution in [0.3, 0.4) is 0 Å². The average molecular weight is 117 g/mol. The summed E-state index contributed by atoms with van der Waals surface area (Å²) < 4.78 is 12.7. The Morgan fingerprint density at radius 1 is 1.88 bits per heavy atom. The lowest BCUT2D eigenvalue weighted by Crippen LogP contribution is -2.29. The first-order valence-corrected chi connectivity index (χ1v) is 2.71. The summed E-state index contributed by atoms with van der Waals surface area (Å²) in [5.74, 6) is 0. The average Bonchev–Trinajstić information content (AvgIpc) is 1.87. The van der Waals surface area contributed by atoms with Gasteiger partial charge in [-0.1, -0.05) is 19.6 Å². The van der Waals surface area contributed by atoms with Gasteiger partial charge in [-0.05, 0) is 6.42 Å². The molecule has 0 radical (unpaired) electrons. The van der Waals surface area contributed by atoms with Crippen molar-refractivity contribution < 1.29 is 4.39 Å². The molecule has 8 heavy (non-hydrogen) atoms. The van der Waals surface area contributed by atoms with Crippen molar-refractivity contribution in [3.05, 3.63) is 12.7 Å². The quantitative estimate of drug-likeness (QED) is 0.553. The Balaban J connectivity index is 3.76. The van der Waals surface area contributed by atoms with Crippen LogP contribution in [0.25, 0.3) is 0 Å². The molecule has 1 atom stereocenters. The van der Waals surface area contributed by atoms with E-state index in [1.54, 1.807) is 6.92 Å². The molecule has 0 bridgehead atoms. The second-order valence-electron chi connectivity index (χ2n) is 1.80. The van der Waals surface area contributed by atoms with E-state index < -0.39 is 5.67 Å². The number of hydrogen-bond donors (Lipinski definition) is 1. The van der Waals surface area contributed by atoms with Crippen LogP contribution in [0.5, 0.6) is 0 Å². The summed E-state index contributed by atoms with van der Waals surface area (Å²) >= 11 is 0. The molecule has 0 aromatic carbocycles. The SMILES string of the molecule is C=CC(F)(CC)CN. The fourth-order valence-electron chi connectivity index (χ4n) is 0.372. The number of alkyl halides is 1. The molecule has 0 amide bonds. The van der Waals surface area contributed by atoms with Crippen LogP contribution in [-0.4, -0.2) is 12.2 Å². The normalized spacial score (nSPS) is 17.4. The summed E-state index contributed by atoms with van der Waals surface area (Å²) in [5, 5.41) is 0. The molecular formula is C6H12FN. The minimum atomic E-state index is -1.33. The van der Waals surface area contributed by atoms with Crippen molar-refractivity contribution in [3.8, 4) is 0 Å². The van der Waals surface area contributed by atoms with Gasteiger partial charge >= 0.3 is 0 Å². The van der Waals surface area contributed by atoms with Crippen LogP contribution in [0.2, 0.25) is 0 Å². The van der Waals surface area contributed by atoms with E-state index in [9.17, 15) is 4.39 Å². The highest BCUT2D eigenvalue weighted by atomic mass is 19.1. The maximum absolute atomic E-state index is 12.7. The molecule has 2 heteroatoms. The van der Waals surface area contributed by atoms with Gasteiger partial charge in [-0.15, -0.1) is 0 Å². The molecule has 0 saturated heterocycles. The Morgan fingerprint density at radius 3 is 2.38 bits per heavy atom. The second kappa shape index (κ2) is 2.82. The fourth-order valence-corrected chi connectivity index (χ4v) is 0.372. The van der Waals surface area contributed by atoms with Crippen molar-refractivity contribution in [2.45, 2.75) is 19.0 Å². The summed E-state index contributed by atoms with van der Waals surface area (Å²) in [6.45, 7) is 5.10. The molecule has 0 aliphatic heterocycles. The Kier molecular flexibility index (Phi) is 2.69. The Bertz CT molecular complexity index is 76.6. The van der Waals surface area contributed by atoms with Crippen molar-refractivity contribution in [1.82, 2.24) is 0 Å². The van der Waals surface area contributed by atoms with Crippen LogP contribution in [0, 0.1) is 0 Å². The highest BCUT2D eigenvalue weighted by Crippen LogP contribution is 2.13. The lowest BCUT2D eigenvalue weighted by molar-refractivity contribution is 0.233. The largest absolute Gasteiger partial charge is 0.327 e. The van der Waals surface area contributed by atoms with Gasteiger partial charge in [0.25, 0.3) is 0 Å². The Hall–Kier alpha value is -0.370. The van der Waals surface area contributed by atoms with Gasteiger partial charge in [0.05, 0.1) is 0 Å². The van der Waals surface area contributed by atoms with Crippen LogP contribution in [0.1, 0.15) is 13.3 Å². The third kappa shape index (κ3) is 1.62. The van der Waals surface area contributed by atoms with Crippen molar-refractivity contribution in [1.29, 1.82) is 0 Å². The first kappa shape index (κ1) is 7.63. The topological polar surface area (TPSA) is 26.0 Å². The maximum Gasteiger partial charge on any atom is 0.140 e.